The van der Waals surface area contributed by atoms with Gasteiger partial charge in [-0.2, -0.15) is 4.91 Å². The first kappa shape index (κ1) is 11.8. The fourth-order valence-corrected chi connectivity index (χ4v) is 1.98. The average molecular weight is 212 g/mol. The summed E-state index contributed by atoms with van der Waals surface area (Å²) in [7, 11) is 0. The van der Waals surface area contributed by atoms with Crippen LogP contribution in [0.2, 0.25) is 0 Å². The van der Waals surface area contributed by atoms with Crippen LogP contribution in [0.4, 0.5) is 0 Å². The van der Waals surface area contributed by atoms with Crippen LogP contribution < -0.4 is 5.32 Å². The molecule has 0 aliphatic heterocycles. The molecular weight excluding hydrogens is 196 g/mol. The fraction of sp³-hybridized carbons (Fsp3) is 0.800. The van der Waals surface area contributed by atoms with Crippen molar-refractivity contribution in [2.75, 3.05) is 6.54 Å². The van der Waals surface area contributed by atoms with Gasteiger partial charge in [-0.3, -0.25) is 9.59 Å². The van der Waals surface area contributed by atoms with Crippen LogP contribution >= 0.6 is 0 Å². The van der Waals surface area contributed by atoms with Crippen LogP contribution in [0.25, 0.3) is 0 Å². The fourth-order valence-electron chi connectivity index (χ4n) is 1.98. The third-order valence-corrected chi connectivity index (χ3v) is 2.88. The molecule has 15 heavy (non-hydrogen) atoms. The number of nitroso groups, excluding NO2 is 1. The van der Waals surface area contributed by atoms with E-state index in [2.05, 4.69) is 10.5 Å². The van der Waals surface area contributed by atoms with Crippen LogP contribution in [0, 0.1) is 10.8 Å². The molecule has 1 amide bonds. The number of carbonyl (C=O) groups excluding carboxylic acids is 2. The number of ketones is 1. The second kappa shape index (κ2) is 5.58. The van der Waals surface area contributed by atoms with Gasteiger partial charge in [-0.05, 0) is 32.6 Å². The van der Waals surface area contributed by atoms with Gasteiger partial charge in [0.05, 0.1) is 0 Å². The minimum atomic E-state index is -0.323. The number of Topliss-reactive ketones (excluding diaryl/α,β-unsaturated/α-hetero) is 1. The molecule has 0 aromatic heterocycles. The summed E-state index contributed by atoms with van der Waals surface area (Å²) in [5.41, 5.74) is 0. The largest absolute Gasteiger partial charge is 0.352 e. The zero-order valence-electron chi connectivity index (χ0n) is 8.86. The molecule has 5 nitrogen and oxygen atoms in total. The monoisotopic (exact) mass is 212 g/mol. The van der Waals surface area contributed by atoms with Crippen LogP contribution in [0.5, 0.6) is 0 Å². The van der Waals surface area contributed by atoms with E-state index in [9.17, 15) is 14.5 Å². The zero-order valence-corrected chi connectivity index (χ0v) is 8.86. The van der Waals surface area contributed by atoms with Crippen molar-refractivity contribution >= 4 is 11.7 Å². The molecule has 1 fully saturated rings. The van der Waals surface area contributed by atoms with Gasteiger partial charge in [0.15, 0.2) is 6.54 Å². The van der Waals surface area contributed by atoms with Crippen LogP contribution in [0.15, 0.2) is 5.18 Å². The van der Waals surface area contributed by atoms with Gasteiger partial charge in [0.1, 0.15) is 5.78 Å². The number of hydrogen-bond donors (Lipinski definition) is 1. The molecule has 0 heterocycles. The Morgan fingerprint density at radius 3 is 2.33 bits per heavy atom. The van der Waals surface area contributed by atoms with E-state index < -0.39 is 0 Å². The molecule has 0 unspecified atom stereocenters. The Bertz CT molecular complexity index is 257. The highest BCUT2D eigenvalue weighted by atomic mass is 16.3. The lowest BCUT2D eigenvalue weighted by molar-refractivity contribution is -0.122. The summed E-state index contributed by atoms with van der Waals surface area (Å²) >= 11 is 0. The molecule has 84 valence electrons. The van der Waals surface area contributed by atoms with Gasteiger partial charge >= 0.3 is 0 Å². The summed E-state index contributed by atoms with van der Waals surface area (Å²) in [6.45, 7) is 1.30. The molecule has 0 saturated heterocycles. The van der Waals surface area contributed by atoms with Crippen molar-refractivity contribution in [1.82, 2.24) is 5.32 Å². The topological polar surface area (TPSA) is 75.6 Å². The van der Waals surface area contributed by atoms with E-state index in [0.717, 1.165) is 25.7 Å². The number of rotatable bonds is 4. The molecule has 1 aliphatic carbocycles. The van der Waals surface area contributed by atoms with Crippen LogP contribution in [-0.2, 0) is 9.59 Å². The summed E-state index contributed by atoms with van der Waals surface area (Å²) in [4.78, 5) is 32.0. The minimum Gasteiger partial charge on any atom is -0.352 e. The molecule has 0 aromatic rings. The molecule has 0 atom stereocenters. The average Bonchev–Trinajstić information content (AvgIpc) is 2.18. The van der Waals surface area contributed by atoms with Crippen LogP contribution in [0.1, 0.15) is 32.6 Å². The number of hydrogen-bond acceptors (Lipinski definition) is 4. The lowest BCUT2D eigenvalue weighted by Gasteiger charge is -2.27. The number of amides is 1. The van der Waals surface area contributed by atoms with Crippen molar-refractivity contribution in [1.29, 1.82) is 0 Å². The molecule has 1 rings (SSSR count). The first-order valence-corrected chi connectivity index (χ1v) is 5.22. The Hall–Kier alpha value is -1.26. The highest BCUT2D eigenvalue weighted by Gasteiger charge is 2.24. The maximum atomic E-state index is 11.1. The molecule has 0 spiro atoms. The SMILES string of the molecule is CC(=O)C1CCC(NC(=O)CN=O)CC1. The van der Waals surface area contributed by atoms with Crippen molar-refractivity contribution in [2.45, 2.75) is 38.6 Å². The summed E-state index contributed by atoms with van der Waals surface area (Å²) in [5.74, 6) is 0.0629. The zero-order chi connectivity index (χ0) is 11.3. The molecule has 1 N–H and O–H groups in total. The van der Waals surface area contributed by atoms with E-state index in [4.69, 9.17) is 0 Å². The van der Waals surface area contributed by atoms with E-state index in [1.165, 1.54) is 0 Å². The Morgan fingerprint density at radius 1 is 1.27 bits per heavy atom. The lowest BCUT2D eigenvalue weighted by atomic mass is 9.84. The van der Waals surface area contributed by atoms with Gasteiger partial charge in [-0.15, -0.1) is 0 Å². The van der Waals surface area contributed by atoms with E-state index in [1.807, 2.05) is 0 Å². The Balaban J connectivity index is 2.28. The normalized spacial score (nSPS) is 25.7. The van der Waals surface area contributed by atoms with Gasteiger partial charge in [0.25, 0.3) is 0 Å². The maximum absolute atomic E-state index is 11.1. The summed E-state index contributed by atoms with van der Waals surface area (Å²) in [6, 6.07) is 0.106. The van der Waals surface area contributed by atoms with Crippen molar-refractivity contribution in [3.63, 3.8) is 0 Å². The second-order valence-electron chi connectivity index (χ2n) is 4.01. The molecule has 0 bridgehead atoms. The first-order valence-electron chi connectivity index (χ1n) is 5.22. The standard InChI is InChI=1S/C10H16N2O3/c1-7(13)8-2-4-9(5-3-8)12-10(14)6-11-15/h8-9H,2-6H2,1H3,(H,12,14). The molecule has 0 radical (unpaired) electrons. The Morgan fingerprint density at radius 2 is 1.87 bits per heavy atom. The summed E-state index contributed by atoms with van der Waals surface area (Å²) in [6.07, 6.45) is 3.29. The van der Waals surface area contributed by atoms with Crippen molar-refractivity contribution < 1.29 is 9.59 Å². The highest BCUT2D eigenvalue weighted by Crippen LogP contribution is 2.24. The smallest absolute Gasteiger partial charge is 0.245 e. The first-order chi connectivity index (χ1) is 7.13. The molecular formula is C10H16N2O3. The number of nitrogens with zero attached hydrogens (tertiary/aromatic N) is 1. The molecule has 5 heteroatoms. The van der Waals surface area contributed by atoms with E-state index in [0.29, 0.717) is 0 Å². The van der Waals surface area contributed by atoms with Gasteiger partial charge < -0.3 is 5.32 Å². The number of carbonyl (C=O) groups is 2. The predicted molar refractivity (Wildman–Crippen MR) is 55.2 cm³/mol. The minimum absolute atomic E-state index is 0.106. The molecule has 0 aromatic carbocycles. The van der Waals surface area contributed by atoms with Crippen molar-refractivity contribution in [3.05, 3.63) is 4.91 Å². The van der Waals surface area contributed by atoms with Crippen molar-refractivity contribution in [2.24, 2.45) is 11.1 Å². The summed E-state index contributed by atoms with van der Waals surface area (Å²) < 4.78 is 0. The predicted octanol–water partition coefficient (Wildman–Crippen LogP) is 1.02. The maximum Gasteiger partial charge on any atom is 0.245 e. The number of nitrogens with one attached hydrogen (secondary N) is 1. The van der Waals surface area contributed by atoms with E-state index in [-0.39, 0.29) is 30.2 Å². The Kier molecular flexibility index (Phi) is 4.39. The second-order valence-corrected chi connectivity index (χ2v) is 4.01. The van der Waals surface area contributed by atoms with E-state index in [1.54, 1.807) is 6.92 Å². The van der Waals surface area contributed by atoms with Gasteiger partial charge in [0, 0.05) is 12.0 Å². The van der Waals surface area contributed by atoms with Crippen LogP contribution in [-0.4, -0.2) is 24.3 Å². The lowest BCUT2D eigenvalue weighted by Crippen LogP contribution is -2.39. The van der Waals surface area contributed by atoms with Crippen LogP contribution in [0.3, 0.4) is 0 Å². The van der Waals surface area contributed by atoms with Gasteiger partial charge in [-0.1, -0.05) is 5.18 Å². The molecule has 1 aliphatic rings. The quantitative estimate of drug-likeness (QED) is 0.707. The Labute approximate surface area is 88.6 Å². The van der Waals surface area contributed by atoms with Gasteiger partial charge in [0.2, 0.25) is 5.91 Å². The third-order valence-electron chi connectivity index (χ3n) is 2.88. The van der Waals surface area contributed by atoms with Crippen molar-refractivity contribution in [3.8, 4) is 0 Å². The molecule has 1 saturated carbocycles. The van der Waals surface area contributed by atoms with E-state index >= 15 is 0 Å². The summed E-state index contributed by atoms with van der Waals surface area (Å²) in [5, 5.41) is 5.26. The van der Waals surface area contributed by atoms with Gasteiger partial charge in [-0.25, -0.2) is 0 Å². The third kappa shape index (κ3) is 3.77. The highest BCUT2D eigenvalue weighted by molar-refractivity contribution is 5.79.